The molecular weight excluding hydrogens is 371 g/mol. The highest BCUT2D eigenvalue weighted by molar-refractivity contribution is 5.82. The van der Waals surface area contributed by atoms with Gasteiger partial charge < -0.3 is 16.0 Å². The van der Waals surface area contributed by atoms with E-state index in [1.54, 1.807) is 13.0 Å². The second-order valence-corrected chi connectivity index (χ2v) is 6.91. The minimum Gasteiger partial charge on any atom is -0.349 e. The lowest BCUT2D eigenvalue weighted by Crippen LogP contribution is -2.45. The molecule has 0 unspecified atom stereocenters. The van der Waals surface area contributed by atoms with Gasteiger partial charge in [0, 0.05) is 18.6 Å². The van der Waals surface area contributed by atoms with Crippen molar-refractivity contribution in [3.05, 3.63) is 48.0 Å². The summed E-state index contributed by atoms with van der Waals surface area (Å²) in [6, 6.07) is 7.90. The molecule has 5 nitrogen and oxygen atoms in total. The van der Waals surface area contributed by atoms with Crippen LogP contribution in [0.3, 0.4) is 0 Å². The largest absolute Gasteiger partial charge is 0.471 e. The van der Waals surface area contributed by atoms with E-state index in [9.17, 15) is 22.8 Å². The summed E-state index contributed by atoms with van der Waals surface area (Å²) in [5, 5.41) is 2.77. The minimum atomic E-state index is -4.92. The molecule has 0 spiro atoms. The highest BCUT2D eigenvalue weighted by Crippen LogP contribution is 2.20. The van der Waals surface area contributed by atoms with Gasteiger partial charge in [-0.25, -0.2) is 0 Å². The van der Waals surface area contributed by atoms with Crippen LogP contribution in [0.2, 0.25) is 0 Å². The Labute approximate surface area is 163 Å². The van der Waals surface area contributed by atoms with Gasteiger partial charge in [0.1, 0.15) is 0 Å². The van der Waals surface area contributed by atoms with Crippen LogP contribution in [-0.2, 0) is 16.0 Å². The molecule has 0 heterocycles. The number of alkyl halides is 3. The van der Waals surface area contributed by atoms with E-state index in [2.05, 4.69) is 5.32 Å². The molecule has 0 aromatic heterocycles. The lowest BCUT2D eigenvalue weighted by molar-refractivity contribution is -0.186. The fourth-order valence-electron chi connectivity index (χ4n) is 2.53. The number of halogens is 3. The number of amides is 2. The van der Waals surface area contributed by atoms with E-state index in [4.69, 9.17) is 5.73 Å². The number of rotatable bonds is 9. The first-order valence-electron chi connectivity index (χ1n) is 9.16. The van der Waals surface area contributed by atoms with E-state index in [1.165, 1.54) is 19.9 Å². The lowest BCUT2D eigenvalue weighted by Gasteiger charge is -2.26. The maximum absolute atomic E-state index is 12.7. The Balaban J connectivity index is 2.81. The number of nitrogens with two attached hydrogens (primary N) is 1. The summed E-state index contributed by atoms with van der Waals surface area (Å²) in [6.45, 7) is 4.38. The lowest BCUT2D eigenvalue weighted by atomic mass is 10.0. The number of hydrogen-bond donors (Lipinski definition) is 2. The molecular formula is C20H28F3N3O2. The van der Waals surface area contributed by atoms with Crippen LogP contribution in [0.5, 0.6) is 0 Å². The molecule has 156 valence electrons. The molecule has 0 bridgehead atoms. The average molecular weight is 399 g/mol. The van der Waals surface area contributed by atoms with Crippen LogP contribution in [0.15, 0.2) is 42.5 Å². The van der Waals surface area contributed by atoms with E-state index in [0.29, 0.717) is 12.8 Å². The summed E-state index contributed by atoms with van der Waals surface area (Å²) < 4.78 is 38.2. The van der Waals surface area contributed by atoms with E-state index >= 15 is 0 Å². The first-order valence-corrected chi connectivity index (χ1v) is 9.16. The number of aryl methyl sites for hydroxylation is 1. The fraction of sp³-hybridized carbons (Fsp3) is 0.500. The van der Waals surface area contributed by atoms with Crippen molar-refractivity contribution in [3.8, 4) is 0 Å². The molecule has 2 amide bonds. The second-order valence-electron chi connectivity index (χ2n) is 6.91. The highest BCUT2D eigenvalue weighted by atomic mass is 19.4. The topological polar surface area (TPSA) is 75.4 Å². The molecule has 1 aromatic carbocycles. The highest BCUT2D eigenvalue weighted by Gasteiger charge is 2.42. The summed E-state index contributed by atoms with van der Waals surface area (Å²) in [4.78, 5) is 24.2. The number of benzene rings is 1. The van der Waals surface area contributed by atoms with Crippen LogP contribution >= 0.6 is 0 Å². The zero-order valence-electron chi connectivity index (χ0n) is 16.4. The average Bonchev–Trinajstić information content (AvgIpc) is 2.62. The van der Waals surface area contributed by atoms with E-state index < -0.39 is 30.2 Å². The maximum Gasteiger partial charge on any atom is 0.471 e. The minimum absolute atomic E-state index is 0.202. The first-order chi connectivity index (χ1) is 13.0. The molecule has 0 radical (unpaired) electrons. The van der Waals surface area contributed by atoms with Gasteiger partial charge in [0.2, 0.25) is 5.91 Å². The van der Waals surface area contributed by atoms with Crippen LogP contribution in [0.4, 0.5) is 13.2 Å². The van der Waals surface area contributed by atoms with Gasteiger partial charge >= 0.3 is 12.1 Å². The number of hydrogen-bond acceptors (Lipinski definition) is 3. The van der Waals surface area contributed by atoms with Gasteiger partial charge in [0.05, 0.1) is 6.04 Å². The Hall–Kier alpha value is -2.35. The van der Waals surface area contributed by atoms with E-state index in [-0.39, 0.29) is 12.5 Å². The van der Waals surface area contributed by atoms with Crippen LogP contribution < -0.4 is 11.1 Å². The van der Waals surface area contributed by atoms with Crippen molar-refractivity contribution in [2.75, 3.05) is 6.54 Å². The molecule has 3 N–H and O–H groups in total. The normalized spacial score (nSPS) is 14.1. The predicted octanol–water partition coefficient (Wildman–Crippen LogP) is 2.81. The van der Waals surface area contributed by atoms with Gasteiger partial charge in [0.15, 0.2) is 0 Å². The van der Waals surface area contributed by atoms with Crippen molar-refractivity contribution < 1.29 is 22.8 Å². The number of carbonyl (C=O) groups excluding carboxylic acids is 2. The predicted molar refractivity (Wildman–Crippen MR) is 102 cm³/mol. The molecule has 8 heteroatoms. The third-order valence-electron chi connectivity index (χ3n) is 4.13. The Morgan fingerprint density at radius 1 is 1.18 bits per heavy atom. The molecule has 0 aliphatic carbocycles. The number of nitrogens with one attached hydrogen (secondary N) is 1. The summed E-state index contributed by atoms with van der Waals surface area (Å²) in [6.07, 6.45) is -0.616. The Bertz CT molecular complexity index is 658. The maximum atomic E-state index is 12.7. The number of nitrogens with zero attached hydrogens (tertiary/aromatic N) is 1. The fourth-order valence-corrected chi connectivity index (χ4v) is 2.53. The van der Waals surface area contributed by atoms with Gasteiger partial charge in [-0.15, -0.1) is 0 Å². The first kappa shape index (κ1) is 23.7. The van der Waals surface area contributed by atoms with Gasteiger partial charge in [-0.1, -0.05) is 42.5 Å². The van der Waals surface area contributed by atoms with Crippen molar-refractivity contribution in [2.45, 2.75) is 57.9 Å². The van der Waals surface area contributed by atoms with Crippen LogP contribution in [0.25, 0.3) is 0 Å². The molecule has 0 saturated carbocycles. The molecule has 0 saturated heterocycles. The Morgan fingerprint density at radius 2 is 1.79 bits per heavy atom. The summed E-state index contributed by atoms with van der Waals surface area (Å²) >= 11 is 0. The third-order valence-corrected chi connectivity index (χ3v) is 4.13. The van der Waals surface area contributed by atoms with E-state index in [1.807, 2.05) is 30.3 Å². The molecule has 0 fully saturated rings. The van der Waals surface area contributed by atoms with Crippen molar-refractivity contribution in [2.24, 2.45) is 5.73 Å². The molecule has 0 aliphatic heterocycles. The molecule has 1 rings (SSSR count). The zero-order chi connectivity index (χ0) is 21.3. The SMILES string of the molecule is CC(C)N(C/C=C/[C@H](CCc1ccccc1)NC(=O)[C@H](C)N)C(=O)C(F)(F)F. The molecule has 2 atom stereocenters. The summed E-state index contributed by atoms with van der Waals surface area (Å²) in [5.74, 6) is -2.23. The van der Waals surface area contributed by atoms with Gasteiger partial charge in [-0.05, 0) is 39.2 Å². The summed E-state index contributed by atoms with van der Waals surface area (Å²) in [5.41, 5.74) is 6.66. The second kappa shape index (κ2) is 10.8. The van der Waals surface area contributed by atoms with Gasteiger partial charge in [0.25, 0.3) is 0 Å². The van der Waals surface area contributed by atoms with E-state index in [0.717, 1.165) is 10.5 Å². The van der Waals surface area contributed by atoms with Crippen LogP contribution in [0, 0.1) is 0 Å². The van der Waals surface area contributed by atoms with Crippen LogP contribution in [0.1, 0.15) is 32.8 Å². The van der Waals surface area contributed by atoms with Crippen molar-refractivity contribution in [3.63, 3.8) is 0 Å². The molecule has 28 heavy (non-hydrogen) atoms. The molecule has 1 aromatic rings. The Kier molecular flexibility index (Phi) is 9.18. The van der Waals surface area contributed by atoms with Crippen molar-refractivity contribution in [1.82, 2.24) is 10.2 Å². The van der Waals surface area contributed by atoms with Gasteiger partial charge in [-0.3, -0.25) is 9.59 Å². The smallest absolute Gasteiger partial charge is 0.349 e. The standard InChI is InChI=1S/C20H28F3N3O2/c1-14(2)26(19(28)20(21,22)23)13-7-10-17(25-18(27)15(3)24)12-11-16-8-5-4-6-9-16/h4-10,14-15,17H,11-13,24H2,1-3H3,(H,25,27)/b10-7+/t15-,17+/m0/s1. The Morgan fingerprint density at radius 3 is 2.29 bits per heavy atom. The van der Waals surface area contributed by atoms with Crippen molar-refractivity contribution in [1.29, 1.82) is 0 Å². The molecule has 0 aliphatic rings. The zero-order valence-corrected chi connectivity index (χ0v) is 16.4. The summed E-state index contributed by atoms with van der Waals surface area (Å²) in [7, 11) is 0. The number of carbonyl (C=O) groups is 2. The van der Waals surface area contributed by atoms with Gasteiger partial charge in [-0.2, -0.15) is 13.2 Å². The quantitative estimate of drug-likeness (QED) is 0.627. The monoisotopic (exact) mass is 399 g/mol. The van der Waals surface area contributed by atoms with Crippen molar-refractivity contribution >= 4 is 11.8 Å². The van der Waals surface area contributed by atoms with Crippen LogP contribution in [-0.4, -0.2) is 47.6 Å². The third kappa shape index (κ3) is 8.12.